The molecule has 4 amide bonds. The Kier molecular flexibility index (Phi) is 20.7. The molecule has 1 fully saturated rings. The summed E-state index contributed by atoms with van der Waals surface area (Å²) in [5.74, 6) is -1.48. The van der Waals surface area contributed by atoms with E-state index in [4.69, 9.17) is 9.47 Å². The van der Waals surface area contributed by atoms with E-state index in [1.807, 2.05) is 101 Å². The summed E-state index contributed by atoms with van der Waals surface area (Å²) in [5, 5.41) is 12.3. The topological polar surface area (TPSA) is 145 Å². The van der Waals surface area contributed by atoms with Gasteiger partial charge in [0, 0.05) is 58.7 Å². The van der Waals surface area contributed by atoms with Gasteiger partial charge in [0.15, 0.2) is 0 Å². The van der Waals surface area contributed by atoms with Crippen LogP contribution in [-0.2, 0) is 41.5 Å². The predicted octanol–water partition coefficient (Wildman–Crippen LogP) is 6.85. The number of nitrogens with zero attached hydrogens (tertiary/aromatic N) is 4. The zero-order valence-electron chi connectivity index (χ0n) is 40.5. The number of aromatic nitrogens is 1. The number of carbonyl (C=O) groups is 4. The summed E-state index contributed by atoms with van der Waals surface area (Å²) in [6.45, 7) is 15.1. The van der Waals surface area contributed by atoms with Crippen molar-refractivity contribution in [2.24, 2.45) is 23.7 Å². The summed E-state index contributed by atoms with van der Waals surface area (Å²) in [7, 11) is 8.81. The number of nitrogens with one attached hydrogen (secondary N) is 3. The molecule has 3 N–H and O–H groups in total. The molecule has 1 aromatic heterocycles. The Morgan fingerprint density at radius 1 is 0.891 bits per heavy atom. The molecule has 0 saturated carbocycles. The first kappa shape index (κ1) is 52.3. The predicted molar refractivity (Wildman–Crippen MR) is 257 cm³/mol. The van der Waals surface area contributed by atoms with E-state index in [0.29, 0.717) is 25.9 Å². The second kappa shape index (κ2) is 25.4. The minimum absolute atomic E-state index is 0.00127. The van der Waals surface area contributed by atoms with Gasteiger partial charge in [0.05, 0.1) is 48.7 Å². The average Bonchev–Trinajstić information content (AvgIpc) is 4.01. The third-order valence-corrected chi connectivity index (χ3v) is 14.1. The number of likely N-dealkylation sites (N-methyl/N-ethyl adjacent to an activating group) is 2. The van der Waals surface area contributed by atoms with Crippen molar-refractivity contribution < 1.29 is 28.7 Å². The highest BCUT2D eigenvalue weighted by atomic mass is 32.1. The van der Waals surface area contributed by atoms with Crippen LogP contribution in [0.25, 0.3) is 0 Å². The summed E-state index contributed by atoms with van der Waals surface area (Å²) in [6, 6.07) is 16.0. The first-order valence-corrected chi connectivity index (χ1v) is 24.1. The van der Waals surface area contributed by atoms with Crippen molar-refractivity contribution in [2.75, 3.05) is 53.8 Å². The lowest BCUT2D eigenvalue weighted by molar-refractivity contribution is -0.148. The second-order valence-corrected chi connectivity index (χ2v) is 19.2. The third kappa shape index (κ3) is 13.8. The molecule has 0 aliphatic carbocycles. The molecule has 0 bridgehead atoms. The van der Waals surface area contributed by atoms with E-state index in [2.05, 4.69) is 51.8 Å². The second-order valence-electron chi connectivity index (χ2n) is 18.3. The van der Waals surface area contributed by atoms with Crippen LogP contribution in [0.1, 0.15) is 96.3 Å². The fourth-order valence-corrected chi connectivity index (χ4v) is 10.0. The molecule has 3 aromatic rings. The summed E-state index contributed by atoms with van der Waals surface area (Å²) < 4.78 is 12.2. The van der Waals surface area contributed by atoms with Gasteiger partial charge in [-0.15, -0.1) is 11.3 Å². The van der Waals surface area contributed by atoms with Gasteiger partial charge in [-0.25, -0.2) is 4.98 Å². The molecular weight excluding hydrogens is 827 g/mol. The number of carbonyl (C=O) groups excluding carboxylic acids is 4. The Morgan fingerprint density at radius 3 is 2.14 bits per heavy atom. The van der Waals surface area contributed by atoms with Crippen molar-refractivity contribution in [1.29, 1.82) is 0 Å². The third-order valence-electron chi connectivity index (χ3n) is 13.2. The van der Waals surface area contributed by atoms with E-state index in [1.54, 1.807) is 32.4 Å². The van der Waals surface area contributed by atoms with E-state index >= 15 is 0 Å². The number of methoxy groups -OCH3 is 2. The average molecular weight is 904 g/mol. The molecule has 64 heavy (non-hydrogen) atoms. The Bertz CT molecular complexity index is 1880. The quantitative estimate of drug-likeness (QED) is 0.0833. The first-order valence-electron chi connectivity index (χ1n) is 23.2. The highest BCUT2D eigenvalue weighted by molar-refractivity contribution is 7.09. The van der Waals surface area contributed by atoms with Crippen LogP contribution in [0.4, 0.5) is 5.69 Å². The van der Waals surface area contributed by atoms with Crippen molar-refractivity contribution in [3.63, 3.8) is 0 Å². The zero-order chi connectivity index (χ0) is 47.1. The number of anilines is 1. The van der Waals surface area contributed by atoms with Gasteiger partial charge in [-0.3, -0.25) is 24.1 Å². The number of benzene rings is 2. The molecule has 1 aliphatic rings. The van der Waals surface area contributed by atoms with Crippen molar-refractivity contribution in [3.05, 3.63) is 82.3 Å². The van der Waals surface area contributed by atoms with E-state index in [-0.39, 0.29) is 59.9 Å². The summed E-state index contributed by atoms with van der Waals surface area (Å²) in [5.41, 5.74) is 3.32. The van der Waals surface area contributed by atoms with Crippen LogP contribution in [0, 0.1) is 23.7 Å². The maximum absolute atomic E-state index is 14.6. The van der Waals surface area contributed by atoms with Crippen molar-refractivity contribution in [1.82, 2.24) is 30.3 Å². The van der Waals surface area contributed by atoms with E-state index < -0.39 is 36.3 Å². The summed E-state index contributed by atoms with van der Waals surface area (Å²) in [4.78, 5) is 67.4. The van der Waals surface area contributed by atoms with Gasteiger partial charge in [-0.05, 0) is 73.7 Å². The molecule has 0 unspecified atom stereocenters. The van der Waals surface area contributed by atoms with Crippen LogP contribution in [0.2, 0.25) is 0 Å². The summed E-state index contributed by atoms with van der Waals surface area (Å²) >= 11 is 1.51. The Balaban J connectivity index is 1.46. The first-order chi connectivity index (χ1) is 30.6. The number of thiazole rings is 1. The fraction of sp³-hybridized carbons (Fsp3) is 0.620. The smallest absolute Gasteiger partial charge is 0.245 e. The van der Waals surface area contributed by atoms with E-state index in [9.17, 15) is 19.2 Å². The fourth-order valence-electron chi connectivity index (χ4n) is 9.33. The highest BCUT2D eigenvalue weighted by Crippen LogP contribution is 2.31. The number of hydrogen-bond acceptors (Lipinski definition) is 10. The maximum atomic E-state index is 14.6. The molecule has 1 aliphatic heterocycles. The van der Waals surface area contributed by atoms with Gasteiger partial charge in [0.1, 0.15) is 11.0 Å². The monoisotopic (exact) mass is 904 g/mol. The molecule has 1 saturated heterocycles. The van der Waals surface area contributed by atoms with Gasteiger partial charge < -0.3 is 35.2 Å². The zero-order valence-corrected chi connectivity index (χ0v) is 41.3. The number of hydrogen-bond donors (Lipinski definition) is 3. The normalized spacial score (nSPS) is 17.9. The van der Waals surface area contributed by atoms with Crippen molar-refractivity contribution in [2.45, 2.75) is 129 Å². The molecule has 4 rings (SSSR count). The van der Waals surface area contributed by atoms with Crippen LogP contribution in [0.15, 0.2) is 66.2 Å². The van der Waals surface area contributed by atoms with E-state index in [1.165, 1.54) is 16.9 Å². The lowest BCUT2D eigenvalue weighted by Gasteiger charge is -2.41. The van der Waals surface area contributed by atoms with Crippen LogP contribution in [0.5, 0.6) is 0 Å². The number of ether oxygens (including phenoxy) is 2. The van der Waals surface area contributed by atoms with Gasteiger partial charge in [-0.2, -0.15) is 0 Å². The van der Waals surface area contributed by atoms with Gasteiger partial charge in [0.2, 0.25) is 23.6 Å². The standard InChI is InChI=1S/C50H77N7O6S/c1-13-34(6)45(56(10)50(61)43(32(2)3)54-48(60)44(33(4)5)55(9)28-25-36-21-23-38(51-8)24-22-36)41(62-11)31-42(58)57-27-17-20-40(57)46(63-12)35(7)47(59)53-39(49-52-26-29-64-49)30-37-18-15-14-16-19-37/h14-16,18-19,21-24,26,29,32-35,39-41,43-46,51H,13,17,20,25,27-28,30-31H2,1-12H3,(H,53,59)(H,54,60)/t34-,35+,39-,40-,41+,43-,44-,45-,46+/m0/s1. The lowest BCUT2D eigenvalue weighted by atomic mass is 9.89. The molecule has 13 nitrogen and oxygen atoms in total. The minimum Gasteiger partial charge on any atom is -0.388 e. The number of likely N-dealkylation sites (tertiary alicyclic amines) is 1. The molecule has 2 heterocycles. The van der Waals surface area contributed by atoms with Crippen LogP contribution < -0.4 is 16.0 Å². The van der Waals surface area contributed by atoms with Crippen LogP contribution in [0.3, 0.4) is 0 Å². The van der Waals surface area contributed by atoms with Crippen LogP contribution in [-0.4, -0.2) is 128 Å². The van der Waals surface area contributed by atoms with Gasteiger partial charge in [0.25, 0.3) is 0 Å². The number of rotatable bonds is 25. The largest absolute Gasteiger partial charge is 0.388 e. The van der Waals surface area contributed by atoms with Crippen molar-refractivity contribution >= 4 is 40.7 Å². The molecular formula is C50H77N7O6S. The molecule has 14 heteroatoms. The Labute approximate surface area is 387 Å². The van der Waals surface area contributed by atoms with Gasteiger partial charge >= 0.3 is 0 Å². The SMILES string of the molecule is CC[C@H](C)[C@@H]([C@@H](CC(=O)N1CCC[C@H]1[C@H](OC)[C@@H](C)C(=O)N[C@@H](Cc1ccccc1)c1nccs1)OC)N(C)C(=O)[C@@H](NC(=O)[C@H](C(C)C)N(C)CCc1ccc(NC)cc1)C(C)C. The Hall–Kier alpha value is -4.37. The maximum Gasteiger partial charge on any atom is 0.245 e. The molecule has 9 atom stereocenters. The van der Waals surface area contributed by atoms with Gasteiger partial charge in [-0.1, -0.05) is 97.4 Å². The highest BCUT2D eigenvalue weighted by Gasteiger charge is 2.43. The molecule has 0 spiro atoms. The van der Waals surface area contributed by atoms with Crippen molar-refractivity contribution in [3.8, 4) is 0 Å². The minimum atomic E-state index is -0.790. The van der Waals surface area contributed by atoms with Crippen LogP contribution >= 0.6 is 11.3 Å². The Morgan fingerprint density at radius 2 is 1.58 bits per heavy atom. The van der Waals surface area contributed by atoms with E-state index in [0.717, 1.165) is 35.5 Å². The lowest BCUT2D eigenvalue weighted by Crippen LogP contribution is -2.60. The molecule has 354 valence electrons. The summed E-state index contributed by atoms with van der Waals surface area (Å²) in [6.07, 6.45) is 4.19. The number of amides is 4. The molecule has 2 aromatic carbocycles. The molecule has 0 radical (unpaired) electrons.